The lowest BCUT2D eigenvalue weighted by molar-refractivity contribution is -0.122. The maximum atomic E-state index is 11.2. The van der Waals surface area contributed by atoms with Gasteiger partial charge in [0.05, 0.1) is 11.9 Å². The Morgan fingerprint density at radius 3 is 3.14 bits per heavy atom. The summed E-state index contributed by atoms with van der Waals surface area (Å²) in [5, 5.41) is 8.17. The Hall–Kier alpha value is -1.65. The lowest BCUT2D eigenvalue weighted by Crippen LogP contribution is -2.28. The Balaban J connectivity index is 1.97. The molecular weight excluding hydrogens is 180 g/mol. The minimum atomic E-state index is 0.0580. The van der Waals surface area contributed by atoms with E-state index in [9.17, 15) is 4.79 Å². The van der Waals surface area contributed by atoms with Gasteiger partial charge in [-0.1, -0.05) is 0 Å². The molecule has 1 saturated carbocycles. The number of nitrogens with one attached hydrogen (secondary N) is 1. The van der Waals surface area contributed by atoms with Gasteiger partial charge < -0.3 is 0 Å². The molecule has 1 aromatic rings. The molecule has 0 radical (unpaired) electrons. The Morgan fingerprint density at radius 2 is 2.43 bits per heavy atom. The SMILES string of the molecule is Cn1cc(C2=NNC(=O)[C@@H]3C[C@@H]23)cn1. The summed E-state index contributed by atoms with van der Waals surface area (Å²) in [6.07, 6.45) is 4.64. The van der Waals surface area contributed by atoms with Crippen molar-refractivity contribution < 1.29 is 4.79 Å². The molecule has 0 spiro atoms. The molecule has 2 aliphatic rings. The topological polar surface area (TPSA) is 59.3 Å². The molecular formula is C9H10N4O. The Kier molecular flexibility index (Phi) is 1.34. The number of amides is 1. The molecule has 1 aromatic heterocycles. The minimum absolute atomic E-state index is 0.0580. The third kappa shape index (κ3) is 0.982. The van der Waals surface area contributed by atoms with Crippen LogP contribution >= 0.6 is 0 Å². The maximum absolute atomic E-state index is 11.2. The summed E-state index contributed by atoms with van der Waals surface area (Å²) in [5.41, 5.74) is 4.53. The van der Waals surface area contributed by atoms with Crippen LogP contribution in [0.3, 0.4) is 0 Å². The van der Waals surface area contributed by atoms with Gasteiger partial charge in [-0.25, -0.2) is 5.43 Å². The molecule has 1 N–H and O–H groups in total. The fourth-order valence-corrected chi connectivity index (χ4v) is 1.90. The quantitative estimate of drug-likeness (QED) is 0.671. The second-order valence-corrected chi connectivity index (χ2v) is 3.82. The fraction of sp³-hybridized carbons (Fsp3) is 0.444. The van der Waals surface area contributed by atoms with Crippen molar-refractivity contribution in [2.75, 3.05) is 0 Å². The summed E-state index contributed by atoms with van der Waals surface area (Å²) in [6.45, 7) is 0. The summed E-state index contributed by atoms with van der Waals surface area (Å²) in [6, 6.07) is 0. The van der Waals surface area contributed by atoms with Crippen LogP contribution in [0.4, 0.5) is 0 Å². The number of fused-ring (bicyclic) bond motifs is 1. The second kappa shape index (κ2) is 2.43. The molecule has 1 amide bonds. The molecule has 2 heterocycles. The van der Waals surface area contributed by atoms with Crippen LogP contribution in [0.15, 0.2) is 17.5 Å². The molecule has 1 fully saturated rings. The summed E-state index contributed by atoms with van der Waals surface area (Å²) in [4.78, 5) is 11.2. The zero-order valence-corrected chi connectivity index (χ0v) is 7.77. The van der Waals surface area contributed by atoms with Crippen LogP contribution in [0.25, 0.3) is 0 Å². The third-order valence-electron chi connectivity index (χ3n) is 2.77. The van der Waals surface area contributed by atoms with Crippen LogP contribution in [0, 0.1) is 11.8 Å². The highest BCUT2D eigenvalue weighted by atomic mass is 16.2. The number of rotatable bonds is 1. The predicted octanol–water partition coefficient (Wildman–Crippen LogP) is -0.110. The highest BCUT2D eigenvalue weighted by Gasteiger charge is 2.49. The molecule has 0 saturated heterocycles. The lowest BCUT2D eigenvalue weighted by atomic mass is 10.1. The number of carbonyl (C=O) groups excluding carboxylic acids is 1. The molecule has 14 heavy (non-hydrogen) atoms. The van der Waals surface area contributed by atoms with Crippen LogP contribution in [-0.2, 0) is 11.8 Å². The summed E-state index contributed by atoms with van der Waals surface area (Å²) < 4.78 is 1.74. The summed E-state index contributed by atoms with van der Waals surface area (Å²) in [7, 11) is 1.87. The Morgan fingerprint density at radius 1 is 1.57 bits per heavy atom. The van der Waals surface area contributed by atoms with Gasteiger partial charge in [0.1, 0.15) is 0 Å². The average molecular weight is 190 g/mol. The van der Waals surface area contributed by atoms with Crippen LogP contribution < -0.4 is 5.43 Å². The van der Waals surface area contributed by atoms with Gasteiger partial charge in [0.15, 0.2) is 0 Å². The molecule has 5 nitrogen and oxygen atoms in total. The number of hydrogen-bond acceptors (Lipinski definition) is 3. The summed E-state index contributed by atoms with van der Waals surface area (Å²) in [5.74, 6) is 0.540. The number of aryl methyl sites for hydroxylation is 1. The van der Waals surface area contributed by atoms with Gasteiger partial charge in [-0.3, -0.25) is 9.48 Å². The van der Waals surface area contributed by atoms with E-state index >= 15 is 0 Å². The van der Waals surface area contributed by atoms with Crippen molar-refractivity contribution in [2.24, 2.45) is 24.0 Å². The van der Waals surface area contributed by atoms with Gasteiger partial charge in [0.25, 0.3) is 0 Å². The van der Waals surface area contributed by atoms with Crippen molar-refractivity contribution in [1.82, 2.24) is 15.2 Å². The molecule has 1 aliphatic carbocycles. The largest absolute Gasteiger partial charge is 0.275 e. The van der Waals surface area contributed by atoms with E-state index in [0.717, 1.165) is 17.7 Å². The zero-order valence-electron chi connectivity index (χ0n) is 7.77. The van der Waals surface area contributed by atoms with Crippen molar-refractivity contribution in [3.63, 3.8) is 0 Å². The molecule has 5 heteroatoms. The first-order valence-corrected chi connectivity index (χ1v) is 4.62. The number of hydrogen-bond donors (Lipinski definition) is 1. The third-order valence-corrected chi connectivity index (χ3v) is 2.77. The van der Waals surface area contributed by atoms with Gasteiger partial charge in [-0.2, -0.15) is 10.2 Å². The maximum Gasteiger partial charge on any atom is 0.243 e. The van der Waals surface area contributed by atoms with Crippen molar-refractivity contribution in [3.05, 3.63) is 18.0 Å². The van der Waals surface area contributed by atoms with Gasteiger partial charge in [-0.15, -0.1) is 0 Å². The fourth-order valence-electron chi connectivity index (χ4n) is 1.90. The van der Waals surface area contributed by atoms with Crippen molar-refractivity contribution in [2.45, 2.75) is 6.42 Å². The lowest BCUT2D eigenvalue weighted by Gasteiger charge is -2.09. The van der Waals surface area contributed by atoms with E-state index in [1.807, 2.05) is 13.2 Å². The van der Waals surface area contributed by atoms with Crippen molar-refractivity contribution in [3.8, 4) is 0 Å². The normalized spacial score (nSPS) is 29.2. The molecule has 3 rings (SSSR count). The van der Waals surface area contributed by atoms with E-state index in [-0.39, 0.29) is 11.8 Å². The summed E-state index contributed by atoms with van der Waals surface area (Å²) >= 11 is 0. The minimum Gasteiger partial charge on any atom is -0.275 e. The first kappa shape index (κ1) is 7.73. The monoisotopic (exact) mass is 190 g/mol. The highest BCUT2D eigenvalue weighted by molar-refractivity contribution is 6.09. The van der Waals surface area contributed by atoms with Crippen LogP contribution in [0.5, 0.6) is 0 Å². The standard InChI is InChI=1S/C9H10N4O/c1-13-4-5(3-10-13)8-6-2-7(6)9(14)12-11-8/h3-4,6-7H,2H2,1H3,(H,12,14)/t6-,7-/m1/s1. The van der Waals surface area contributed by atoms with E-state index in [2.05, 4.69) is 15.6 Å². The number of aromatic nitrogens is 2. The zero-order chi connectivity index (χ0) is 9.71. The average Bonchev–Trinajstić information content (AvgIpc) is 2.85. The van der Waals surface area contributed by atoms with E-state index < -0.39 is 0 Å². The van der Waals surface area contributed by atoms with E-state index in [1.165, 1.54) is 0 Å². The second-order valence-electron chi connectivity index (χ2n) is 3.82. The molecule has 0 bridgehead atoms. The molecule has 2 atom stereocenters. The molecule has 72 valence electrons. The highest BCUT2D eigenvalue weighted by Crippen LogP contribution is 2.43. The van der Waals surface area contributed by atoms with Crippen LogP contribution in [-0.4, -0.2) is 21.4 Å². The first-order valence-electron chi connectivity index (χ1n) is 4.62. The van der Waals surface area contributed by atoms with Gasteiger partial charge in [0.2, 0.25) is 5.91 Å². The van der Waals surface area contributed by atoms with E-state index in [4.69, 9.17) is 0 Å². The molecule has 0 unspecified atom stereocenters. The predicted molar refractivity (Wildman–Crippen MR) is 49.5 cm³/mol. The van der Waals surface area contributed by atoms with E-state index in [1.54, 1.807) is 10.9 Å². The Labute approximate surface area is 80.8 Å². The smallest absolute Gasteiger partial charge is 0.243 e. The number of nitrogens with zero attached hydrogens (tertiary/aromatic N) is 3. The molecule has 0 aromatic carbocycles. The van der Waals surface area contributed by atoms with Crippen LogP contribution in [0.2, 0.25) is 0 Å². The van der Waals surface area contributed by atoms with E-state index in [0.29, 0.717) is 5.92 Å². The van der Waals surface area contributed by atoms with Gasteiger partial charge in [0, 0.05) is 30.6 Å². The molecule has 1 aliphatic heterocycles. The number of carbonyl (C=O) groups is 1. The Bertz CT molecular complexity index is 434. The van der Waals surface area contributed by atoms with Crippen molar-refractivity contribution in [1.29, 1.82) is 0 Å². The first-order chi connectivity index (χ1) is 6.75. The van der Waals surface area contributed by atoms with Crippen molar-refractivity contribution >= 4 is 11.6 Å². The van der Waals surface area contributed by atoms with Gasteiger partial charge >= 0.3 is 0 Å². The number of hydrazone groups is 1. The van der Waals surface area contributed by atoms with Crippen LogP contribution in [0.1, 0.15) is 12.0 Å². The van der Waals surface area contributed by atoms with Gasteiger partial charge in [-0.05, 0) is 6.42 Å².